The molecule has 0 saturated heterocycles. The second-order valence-corrected chi connectivity index (χ2v) is 34.2. The van der Waals surface area contributed by atoms with E-state index in [9.17, 15) is 54.0 Å². The number of unbranched alkanes of at least 4 members (excludes halogenated alkanes) is 1. The minimum Gasteiger partial charge on any atom is -0.465 e. The molecule has 0 spiro atoms. The van der Waals surface area contributed by atoms with Gasteiger partial charge in [-0.25, -0.2) is 0 Å². The molecule has 0 saturated carbocycles. The molecule has 0 amide bonds. The largest absolute Gasteiger partial charge is 0.465 e. The molecule has 0 radical (unpaired) electrons. The van der Waals surface area contributed by atoms with Crippen LogP contribution in [0.25, 0.3) is 0 Å². The van der Waals surface area contributed by atoms with E-state index in [1.807, 2.05) is 173 Å². The van der Waals surface area contributed by atoms with Gasteiger partial charge in [-0.15, -0.1) is 0 Å². The van der Waals surface area contributed by atoms with Gasteiger partial charge in [-0.3, -0.25) is 33.6 Å². The zero-order chi connectivity index (χ0) is 81.7. The maximum Gasteiger partial charge on any atom is 0.308 e. The lowest BCUT2D eigenvalue weighted by atomic mass is 9.81. The van der Waals surface area contributed by atoms with Crippen LogP contribution in [0.1, 0.15) is 332 Å². The third kappa shape index (κ3) is 60.3. The van der Waals surface area contributed by atoms with Crippen LogP contribution in [0.4, 0.5) is 0 Å². The molecule has 0 fully saturated rings. The quantitative estimate of drug-likeness (QED) is 0.0327. The van der Waals surface area contributed by atoms with Crippen LogP contribution in [-0.4, -0.2) is 133 Å². The highest BCUT2D eigenvalue weighted by molar-refractivity contribution is 5.73. The van der Waals surface area contributed by atoms with Gasteiger partial charge in [-0.1, -0.05) is 274 Å². The number of carbonyl (C=O) groups is 7. The molecule has 0 heterocycles. The Bertz CT molecular complexity index is 2080. The topological polar surface area (TPSA) is 265 Å². The molecule has 4 N–H and O–H groups in total. The monoisotopic (exact) mass is 1470 g/mol. The van der Waals surface area contributed by atoms with Gasteiger partial charge in [0.1, 0.15) is 12.2 Å². The van der Waals surface area contributed by atoms with E-state index >= 15 is 0 Å². The Balaban J connectivity index is -0.000000207. The van der Waals surface area contributed by atoms with Gasteiger partial charge in [0.05, 0.1) is 82.1 Å². The lowest BCUT2D eigenvalue weighted by Gasteiger charge is -2.35. The first-order valence-corrected chi connectivity index (χ1v) is 39.5. The van der Waals surface area contributed by atoms with Crippen molar-refractivity contribution in [3.05, 3.63) is 0 Å². The van der Waals surface area contributed by atoms with Gasteiger partial charge in [0.2, 0.25) is 0 Å². The van der Waals surface area contributed by atoms with Crippen LogP contribution < -0.4 is 0 Å². The average molecular weight is 1470 g/mol. The highest BCUT2D eigenvalue weighted by atomic mass is 16.6. The first-order valence-electron chi connectivity index (χ1n) is 39.5. The molecule has 7 unspecified atom stereocenters. The van der Waals surface area contributed by atoms with Crippen molar-refractivity contribution in [3.8, 4) is 0 Å². The minimum absolute atomic E-state index is 0.00122. The van der Waals surface area contributed by atoms with Gasteiger partial charge >= 0.3 is 41.8 Å². The van der Waals surface area contributed by atoms with E-state index in [-0.39, 0.29) is 139 Å². The Kier molecular flexibility index (Phi) is 68.0. The highest BCUT2D eigenvalue weighted by Gasteiger charge is 2.37. The fraction of sp³-hybridized carbons (Fsp3) is 0.917. The Morgan fingerprint density at radius 3 is 0.912 bits per heavy atom. The number of aliphatic hydroxyl groups is 4. The van der Waals surface area contributed by atoms with Crippen molar-refractivity contribution in [1.82, 2.24) is 0 Å². The number of hydrogen-bond acceptors (Lipinski definition) is 18. The summed E-state index contributed by atoms with van der Waals surface area (Å²) in [5.41, 5.74) is -1.54. The molecular weight excluding hydrogens is 1300 g/mol. The number of ether oxygens (including phenoxy) is 7. The zero-order valence-corrected chi connectivity index (χ0v) is 72.7. The Morgan fingerprint density at radius 2 is 0.627 bits per heavy atom. The maximum atomic E-state index is 11.5. The van der Waals surface area contributed by atoms with Crippen LogP contribution in [0.3, 0.4) is 0 Å². The van der Waals surface area contributed by atoms with Crippen molar-refractivity contribution >= 4 is 41.8 Å². The predicted molar refractivity (Wildman–Crippen MR) is 419 cm³/mol. The molecule has 0 aliphatic carbocycles. The Hall–Kier alpha value is -3.87. The van der Waals surface area contributed by atoms with E-state index < -0.39 is 23.0 Å². The number of esters is 7. The first-order chi connectivity index (χ1) is 46.7. The molecule has 0 aliphatic rings. The van der Waals surface area contributed by atoms with Crippen molar-refractivity contribution in [2.75, 3.05) is 46.2 Å². The lowest BCUT2D eigenvalue weighted by molar-refractivity contribution is -0.165. The fourth-order valence-electron chi connectivity index (χ4n) is 10.3. The third-order valence-electron chi connectivity index (χ3n) is 17.1. The maximum absolute atomic E-state index is 11.5. The predicted octanol–water partition coefficient (Wildman–Crippen LogP) is 19.3. The van der Waals surface area contributed by atoms with Crippen LogP contribution in [0.15, 0.2) is 0 Å². The van der Waals surface area contributed by atoms with Gasteiger partial charge in [0, 0.05) is 40.9 Å². The van der Waals surface area contributed by atoms with Gasteiger partial charge in [0.25, 0.3) is 0 Å². The van der Waals surface area contributed by atoms with Crippen LogP contribution in [0.2, 0.25) is 0 Å². The molecule has 0 aromatic carbocycles. The lowest BCUT2D eigenvalue weighted by Crippen LogP contribution is -2.41. The number of aliphatic hydroxyl groups excluding tert-OH is 4. The van der Waals surface area contributed by atoms with Gasteiger partial charge < -0.3 is 53.6 Å². The molecule has 18 heteroatoms. The second kappa shape index (κ2) is 62.2. The number of carbonyl (C=O) groups excluding carboxylic acids is 7. The molecule has 0 aliphatic heterocycles. The van der Waals surface area contributed by atoms with E-state index in [0.717, 1.165) is 51.4 Å². The van der Waals surface area contributed by atoms with Gasteiger partial charge in [0.15, 0.2) is 0 Å². The summed E-state index contributed by atoms with van der Waals surface area (Å²) in [5, 5.41) is 38.4. The molecule has 7 atom stereocenters. The summed E-state index contributed by atoms with van der Waals surface area (Å²) in [6, 6.07) is 0. The molecule has 0 bridgehead atoms. The van der Waals surface area contributed by atoms with Crippen LogP contribution in [0, 0.1) is 98.6 Å². The van der Waals surface area contributed by atoms with Crippen molar-refractivity contribution in [2.45, 2.75) is 357 Å². The SMILES string of the molecule is CC(C)C(=O)OC(C(C)C)C(C)(C)CO.CC(C)C(=O)OCC(C)(C)C(O)C(C)C.CCC(COC(=O)C(C)C)CC(C)C.CCCC(=O)OC(C(C)C)C(C)(C)CO.CCCC(=O)OCC(C)(C)C(O)C(C)C.CCCC(=O)OCC(CC)CC(C)C.CCCCC(CC)COC(=O)C(C)C. The summed E-state index contributed by atoms with van der Waals surface area (Å²) in [6.45, 7) is 71.5. The minimum atomic E-state index is -0.461. The zero-order valence-electron chi connectivity index (χ0n) is 72.7. The van der Waals surface area contributed by atoms with Crippen molar-refractivity contribution in [3.63, 3.8) is 0 Å². The second-order valence-electron chi connectivity index (χ2n) is 34.2. The smallest absolute Gasteiger partial charge is 0.308 e. The molecular formula is C84H168O18. The van der Waals surface area contributed by atoms with Crippen LogP contribution in [-0.2, 0) is 66.7 Å². The summed E-state index contributed by atoms with van der Waals surface area (Å²) >= 11 is 0. The normalized spacial score (nSPS) is 13.8. The Morgan fingerprint density at radius 1 is 0.333 bits per heavy atom. The van der Waals surface area contributed by atoms with Gasteiger partial charge in [-0.2, -0.15) is 0 Å². The number of rotatable bonds is 42. The third-order valence-corrected chi connectivity index (χ3v) is 17.1. The van der Waals surface area contributed by atoms with E-state index in [1.54, 1.807) is 13.8 Å². The van der Waals surface area contributed by atoms with Crippen molar-refractivity contribution < 1.29 is 87.1 Å². The molecule has 612 valence electrons. The summed E-state index contributed by atoms with van der Waals surface area (Å²) in [6.07, 6.45) is 11.8. The van der Waals surface area contributed by atoms with Crippen LogP contribution in [0.5, 0.6) is 0 Å². The molecule has 102 heavy (non-hydrogen) atoms. The highest BCUT2D eigenvalue weighted by Crippen LogP contribution is 2.32. The molecule has 0 rings (SSSR count). The van der Waals surface area contributed by atoms with Crippen molar-refractivity contribution in [2.24, 2.45) is 98.6 Å². The van der Waals surface area contributed by atoms with E-state index in [2.05, 4.69) is 55.4 Å². The van der Waals surface area contributed by atoms with Gasteiger partial charge in [-0.05, 0) is 91.8 Å². The average Bonchev–Trinajstić information content (AvgIpc) is 0.870. The van der Waals surface area contributed by atoms with Crippen molar-refractivity contribution in [1.29, 1.82) is 0 Å². The first kappa shape index (κ1) is 111. The molecule has 0 aromatic heterocycles. The van der Waals surface area contributed by atoms with E-state index in [0.29, 0.717) is 68.7 Å². The van der Waals surface area contributed by atoms with E-state index in [1.165, 1.54) is 19.3 Å². The fourth-order valence-corrected chi connectivity index (χ4v) is 10.3. The van der Waals surface area contributed by atoms with Crippen LogP contribution >= 0.6 is 0 Å². The summed E-state index contributed by atoms with van der Waals surface area (Å²) in [4.78, 5) is 79.0. The summed E-state index contributed by atoms with van der Waals surface area (Å²) < 4.78 is 36.7. The number of hydrogen-bond donors (Lipinski definition) is 4. The van der Waals surface area contributed by atoms with E-state index in [4.69, 9.17) is 33.2 Å². The summed E-state index contributed by atoms with van der Waals surface area (Å²) in [5.74, 6) is 2.54. The molecule has 0 aromatic rings. The Labute approximate surface area is 627 Å². The standard InChI is InChI=1S/4C12H24O3.3C12H24O2/c1-8(2)10(13)12(5,6)7-15-11(14)9(3)4;1-8(2)10(12(5,6)7-13)15-11(14)9(3)4;1-6-7-10(13)15-8-12(4,5)11(14)9(2)3;1-6-7-10(14)15-11(9(2)3)12(4,5)8-13;1-6-11(7-9(2)3)8-14-12(13)10(4)5;1-5-7-12(13)14-9-11(6-2)8-10(3)4;1-5-7-8-11(6-2)9-14-12(13)10(3)4/h2*8-10,13H,7H2,1-6H3;9,11,14H,6-8H2,1-5H3;9,11,13H,6-8H2,1-5H3;9-11H,6-8H2,1-5H3;2*10-11H,5-9H2,1-4H3. The molecule has 18 nitrogen and oxygen atoms in total. The summed E-state index contributed by atoms with van der Waals surface area (Å²) in [7, 11) is 0.